The first-order chi connectivity index (χ1) is 13.3. The summed E-state index contributed by atoms with van der Waals surface area (Å²) in [6.07, 6.45) is 10.2. The van der Waals surface area contributed by atoms with Gasteiger partial charge >= 0.3 is 0 Å². The molecule has 3 heterocycles. The van der Waals surface area contributed by atoms with Crippen molar-refractivity contribution in [3.8, 4) is 0 Å². The van der Waals surface area contributed by atoms with Crippen molar-refractivity contribution in [3.63, 3.8) is 0 Å². The molecule has 0 spiro atoms. The van der Waals surface area contributed by atoms with Crippen LogP contribution in [0, 0.1) is 5.82 Å². The molecular weight excluding hydrogens is 337 g/mol. The van der Waals surface area contributed by atoms with Gasteiger partial charge < -0.3 is 0 Å². The number of aromatic nitrogens is 2. The monoisotopic (exact) mass is 361 g/mol. The SMILES string of the molecule is Fc1ccc(Cc2ccc(C3CCCCN3Cc3cccnc3)cn2)cc1. The number of hydrogen-bond donors (Lipinski definition) is 0. The Morgan fingerprint density at radius 1 is 0.963 bits per heavy atom. The van der Waals surface area contributed by atoms with Gasteiger partial charge in [-0.05, 0) is 60.3 Å². The molecule has 0 radical (unpaired) electrons. The zero-order valence-corrected chi connectivity index (χ0v) is 15.4. The Hall–Kier alpha value is -2.59. The Morgan fingerprint density at radius 3 is 2.59 bits per heavy atom. The minimum Gasteiger partial charge on any atom is -0.292 e. The van der Waals surface area contributed by atoms with Crippen LogP contribution in [0.5, 0.6) is 0 Å². The van der Waals surface area contributed by atoms with E-state index in [0.717, 1.165) is 30.8 Å². The van der Waals surface area contributed by atoms with E-state index in [2.05, 4.69) is 33.1 Å². The van der Waals surface area contributed by atoms with E-state index >= 15 is 0 Å². The molecule has 138 valence electrons. The molecule has 1 aliphatic rings. The molecule has 3 nitrogen and oxygen atoms in total. The summed E-state index contributed by atoms with van der Waals surface area (Å²) in [6, 6.07) is 15.5. The number of pyridine rings is 2. The summed E-state index contributed by atoms with van der Waals surface area (Å²) in [5, 5.41) is 0. The first-order valence-electron chi connectivity index (χ1n) is 9.60. The zero-order valence-electron chi connectivity index (χ0n) is 15.4. The van der Waals surface area contributed by atoms with Crippen LogP contribution >= 0.6 is 0 Å². The molecule has 1 atom stereocenters. The maximum Gasteiger partial charge on any atom is 0.123 e. The predicted molar refractivity (Wildman–Crippen MR) is 105 cm³/mol. The summed E-state index contributed by atoms with van der Waals surface area (Å²) in [4.78, 5) is 11.5. The number of halogens is 1. The first-order valence-corrected chi connectivity index (χ1v) is 9.60. The molecule has 1 unspecified atom stereocenters. The average Bonchev–Trinajstić information content (AvgIpc) is 2.72. The van der Waals surface area contributed by atoms with Crippen molar-refractivity contribution >= 4 is 0 Å². The molecule has 1 saturated heterocycles. The van der Waals surface area contributed by atoms with Crippen molar-refractivity contribution in [1.29, 1.82) is 0 Å². The van der Waals surface area contributed by atoms with Crippen LogP contribution in [-0.4, -0.2) is 21.4 Å². The third kappa shape index (κ3) is 4.58. The minimum atomic E-state index is -0.201. The van der Waals surface area contributed by atoms with Gasteiger partial charge in [0.05, 0.1) is 0 Å². The van der Waals surface area contributed by atoms with Crippen molar-refractivity contribution in [2.45, 2.75) is 38.3 Å². The van der Waals surface area contributed by atoms with Crippen LogP contribution in [0.15, 0.2) is 67.1 Å². The Bertz CT molecular complexity index is 847. The second-order valence-electron chi connectivity index (χ2n) is 7.23. The van der Waals surface area contributed by atoms with Crippen LogP contribution in [0.4, 0.5) is 4.39 Å². The van der Waals surface area contributed by atoms with Crippen molar-refractivity contribution < 1.29 is 4.39 Å². The van der Waals surface area contributed by atoms with E-state index in [-0.39, 0.29) is 5.82 Å². The van der Waals surface area contributed by atoms with Gasteiger partial charge in [0.25, 0.3) is 0 Å². The molecule has 3 aromatic rings. The predicted octanol–water partition coefficient (Wildman–Crippen LogP) is 4.93. The van der Waals surface area contributed by atoms with E-state index in [4.69, 9.17) is 0 Å². The summed E-state index contributed by atoms with van der Waals surface area (Å²) in [5.74, 6) is -0.201. The number of nitrogens with zero attached hydrogens (tertiary/aromatic N) is 3. The van der Waals surface area contributed by atoms with E-state index < -0.39 is 0 Å². The van der Waals surface area contributed by atoms with Crippen molar-refractivity contribution in [2.75, 3.05) is 6.54 Å². The molecule has 27 heavy (non-hydrogen) atoms. The molecule has 0 saturated carbocycles. The topological polar surface area (TPSA) is 29.0 Å². The molecule has 4 heteroatoms. The highest BCUT2D eigenvalue weighted by molar-refractivity contribution is 5.25. The molecule has 0 aliphatic carbocycles. The van der Waals surface area contributed by atoms with Gasteiger partial charge in [-0.25, -0.2) is 4.39 Å². The second-order valence-corrected chi connectivity index (χ2v) is 7.23. The third-order valence-electron chi connectivity index (χ3n) is 5.25. The fourth-order valence-corrected chi connectivity index (χ4v) is 3.83. The molecule has 1 fully saturated rings. The largest absolute Gasteiger partial charge is 0.292 e. The molecule has 1 aliphatic heterocycles. The highest BCUT2D eigenvalue weighted by atomic mass is 19.1. The Balaban J connectivity index is 1.46. The summed E-state index contributed by atoms with van der Waals surface area (Å²) in [6.45, 7) is 2.03. The lowest BCUT2D eigenvalue weighted by Gasteiger charge is -2.36. The fraction of sp³-hybridized carbons (Fsp3) is 0.304. The standard InChI is InChI=1S/C23H24FN3/c24-21-9-6-18(7-10-21)14-22-11-8-20(16-26-22)23-5-1-2-13-27(23)17-19-4-3-12-25-15-19/h3-4,6-12,15-16,23H,1-2,5,13-14,17H2. The Labute approximate surface area is 159 Å². The van der Waals surface area contributed by atoms with Crippen LogP contribution in [0.25, 0.3) is 0 Å². The van der Waals surface area contributed by atoms with Crippen LogP contribution in [0.1, 0.15) is 47.7 Å². The van der Waals surface area contributed by atoms with Crippen LogP contribution in [0.2, 0.25) is 0 Å². The van der Waals surface area contributed by atoms with E-state index in [1.807, 2.05) is 36.8 Å². The van der Waals surface area contributed by atoms with Crippen LogP contribution in [-0.2, 0) is 13.0 Å². The van der Waals surface area contributed by atoms with Gasteiger partial charge in [-0.3, -0.25) is 14.9 Å². The summed E-state index contributed by atoms with van der Waals surface area (Å²) in [7, 11) is 0. The lowest BCUT2D eigenvalue weighted by atomic mass is 9.95. The van der Waals surface area contributed by atoms with Gasteiger partial charge in [0.15, 0.2) is 0 Å². The van der Waals surface area contributed by atoms with Gasteiger partial charge in [-0.1, -0.05) is 30.7 Å². The highest BCUT2D eigenvalue weighted by Gasteiger charge is 2.24. The van der Waals surface area contributed by atoms with E-state index in [9.17, 15) is 4.39 Å². The maximum absolute atomic E-state index is 13.1. The molecule has 0 N–H and O–H groups in total. The molecular formula is C23H24FN3. The van der Waals surface area contributed by atoms with Crippen molar-refractivity contribution in [2.24, 2.45) is 0 Å². The van der Waals surface area contributed by atoms with Crippen molar-refractivity contribution in [1.82, 2.24) is 14.9 Å². The van der Waals surface area contributed by atoms with E-state index in [1.54, 1.807) is 0 Å². The Morgan fingerprint density at radius 2 is 1.85 bits per heavy atom. The lowest BCUT2D eigenvalue weighted by molar-refractivity contribution is 0.140. The second kappa shape index (κ2) is 8.40. The van der Waals surface area contributed by atoms with E-state index in [1.165, 1.54) is 42.5 Å². The summed E-state index contributed by atoms with van der Waals surface area (Å²) in [5.41, 5.74) is 4.62. The van der Waals surface area contributed by atoms with Crippen LogP contribution < -0.4 is 0 Å². The number of hydrogen-bond acceptors (Lipinski definition) is 3. The van der Waals surface area contributed by atoms with Gasteiger partial charge in [-0.2, -0.15) is 0 Å². The molecule has 4 rings (SSSR count). The highest BCUT2D eigenvalue weighted by Crippen LogP contribution is 2.31. The summed E-state index contributed by atoms with van der Waals surface area (Å²) < 4.78 is 13.1. The van der Waals surface area contributed by atoms with Gasteiger partial charge in [0.1, 0.15) is 5.82 Å². The zero-order chi connectivity index (χ0) is 18.5. The molecule has 0 amide bonds. The normalized spacial score (nSPS) is 17.7. The van der Waals surface area contributed by atoms with Gasteiger partial charge in [0, 0.05) is 43.3 Å². The third-order valence-corrected chi connectivity index (χ3v) is 5.25. The quantitative estimate of drug-likeness (QED) is 0.645. The Kier molecular flexibility index (Phi) is 5.54. The minimum absolute atomic E-state index is 0.201. The number of piperidine rings is 1. The van der Waals surface area contributed by atoms with Gasteiger partial charge in [-0.15, -0.1) is 0 Å². The molecule has 1 aromatic carbocycles. The smallest absolute Gasteiger partial charge is 0.123 e. The van der Waals surface area contributed by atoms with E-state index in [0.29, 0.717) is 6.04 Å². The summed E-state index contributed by atoms with van der Waals surface area (Å²) >= 11 is 0. The average molecular weight is 361 g/mol. The first kappa shape index (κ1) is 17.8. The molecule has 0 bridgehead atoms. The van der Waals surface area contributed by atoms with Crippen molar-refractivity contribution in [3.05, 3.63) is 95.3 Å². The van der Waals surface area contributed by atoms with Gasteiger partial charge in [0.2, 0.25) is 0 Å². The maximum atomic E-state index is 13.1. The fourth-order valence-electron chi connectivity index (χ4n) is 3.83. The number of rotatable bonds is 5. The number of benzene rings is 1. The lowest BCUT2D eigenvalue weighted by Crippen LogP contribution is -2.33. The molecule has 2 aromatic heterocycles. The van der Waals surface area contributed by atoms with Crippen LogP contribution in [0.3, 0.4) is 0 Å². The number of likely N-dealkylation sites (tertiary alicyclic amines) is 1.